The van der Waals surface area contributed by atoms with Gasteiger partial charge in [0.2, 0.25) is 12.7 Å². The predicted molar refractivity (Wildman–Crippen MR) is 98.7 cm³/mol. The number of amides is 1. The number of carbonyl (C=O) groups excluding carboxylic acids is 1. The first-order valence-corrected chi connectivity index (χ1v) is 9.15. The molecule has 0 aliphatic carbocycles. The Balaban J connectivity index is 1.43. The maximum absolute atomic E-state index is 13.0. The van der Waals surface area contributed by atoms with Crippen molar-refractivity contribution in [2.75, 3.05) is 24.8 Å². The zero-order valence-electron chi connectivity index (χ0n) is 14.7. The second kappa shape index (κ2) is 7.79. The molecule has 1 unspecified atom stereocenters. The van der Waals surface area contributed by atoms with E-state index in [1.54, 1.807) is 0 Å². The van der Waals surface area contributed by atoms with Gasteiger partial charge in [-0.05, 0) is 49.1 Å². The zero-order valence-corrected chi connectivity index (χ0v) is 14.7. The molecule has 2 aromatic carbocycles. The number of fused-ring (bicyclic) bond motifs is 1. The molecule has 0 bridgehead atoms. The molecule has 0 N–H and O–H groups in total. The van der Waals surface area contributed by atoms with Crippen LogP contribution in [0.25, 0.3) is 0 Å². The molecule has 0 aromatic heterocycles. The van der Waals surface area contributed by atoms with Crippen LogP contribution in [0.2, 0.25) is 0 Å². The van der Waals surface area contributed by atoms with Crippen molar-refractivity contribution in [1.29, 1.82) is 0 Å². The summed E-state index contributed by atoms with van der Waals surface area (Å²) in [5, 5.41) is 0. The highest BCUT2D eigenvalue weighted by Crippen LogP contribution is 2.33. The number of benzene rings is 2. The van der Waals surface area contributed by atoms with Gasteiger partial charge >= 0.3 is 0 Å². The van der Waals surface area contributed by atoms with Crippen LogP contribution in [0.4, 0.5) is 5.69 Å². The lowest BCUT2D eigenvalue weighted by Gasteiger charge is -2.25. The van der Waals surface area contributed by atoms with E-state index in [0.717, 1.165) is 42.2 Å². The second-order valence-corrected chi connectivity index (χ2v) is 6.66. The number of hydrogen-bond donors (Lipinski definition) is 0. The molecule has 2 heterocycles. The van der Waals surface area contributed by atoms with Crippen LogP contribution in [0.5, 0.6) is 11.5 Å². The van der Waals surface area contributed by atoms with Crippen molar-refractivity contribution in [2.24, 2.45) is 0 Å². The summed E-state index contributed by atoms with van der Waals surface area (Å²) in [6.07, 6.45) is 3.33. The molecule has 2 aliphatic heterocycles. The molecule has 2 aromatic rings. The third-order valence-electron chi connectivity index (χ3n) is 4.84. The van der Waals surface area contributed by atoms with Crippen LogP contribution in [0.1, 0.15) is 24.8 Å². The van der Waals surface area contributed by atoms with Crippen molar-refractivity contribution in [3.05, 3.63) is 54.1 Å². The van der Waals surface area contributed by atoms with Crippen molar-refractivity contribution in [1.82, 2.24) is 0 Å². The monoisotopic (exact) mass is 353 g/mol. The van der Waals surface area contributed by atoms with E-state index >= 15 is 0 Å². The van der Waals surface area contributed by atoms with Crippen molar-refractivity contribution >= 4 is 11.6 Å². The van der Waals surface area contributed by atoms with Gasteiger partial charge in [-0.2, -0.15) is 0 Å². The Kier molecular flexibility index (Phi) is 5.07. The quantitative estimate of drug-likeness (QED) is 0.797. The van der Waals surface area contributed by atoms with Crippen molar-refractivity contribution in [2.45, 2.75) is 31.8 Å². The van der Waals surface area contributed by atoms with Gasteiger partial charge in [0.15, 0.2) is 11.5 Å². The highest BCUT2D eigenvalue weighted by atomic mass is 16.7. The largest absolute Gasteiger partial charge is 0.454 e. The van der Waals surface area contributed by atoms with Gasteiger partial charge in [0.1, 0.15) is 0 Å². The molecule has 0 saturated carbocycles. The Hall–Kier alpha value is -2.53. The minimum absolute atomic E-state index is 0.115. The van der Waals surface area contributed by atoms with Crippen LogP contribution in [-0.2, 0) is 16.0 Å². The first kappa shape index (κ1) is 16.9. The number of aryl methyl sites for hydroxylation is 1. The maximum atomic E-state index is 13.0. The van der Waals surface area contributed by atoms with E-state index in [-0.39, 0.29) is 18.8 Å². The van der Waals surface area contributed by atoms with Gasteiger partial charge in [-0.1, -0.05) is 24.3 Å². The highest BCUT2D eigenvalue weighted by molar-refractivity contribution is 5.93. The molecule has 2 aliphatic rings. The molecule has 5 heteroatoms. The lowest BCUT2D eigenvalue weighted by Crippen LogP contribution is -2.37. The van der Waals surface area contributed by atoms with Crippen molar-refractivity contribution in [3.8, 4) is 11.5 Å². The average molecular weight is 353 g/mol. The van der Waals surface area contributed by atoms with Crippen LogP contribution >= 0.6 is 0 Å². The number of hydrogen-bond acceptors (Lipinski definition) is 4. The molecule has 1 saturated heterocycles. The molecule has 1 atom stereocenters. The summed E-state index contributed by atoms with van der Waals surface area (Å²) in [7, 11) is 0. The number of rotatable bonds is 6. The van der Waals surface area contributed by atoms with Gasteiger partial charge in [-0.15, -0.1) is 0 Å². The summed E-state index contributed by atoms with van der Waals surface area (Å²) in [5.41, 5.74) is 2.01. The maximum Gasteiger partial charge on any atom is 0.231 e. The molecule has 1 amide bonds. The van der Waals surface area contributed by atoms with Gasteiger partial charge < -0.3 is 19.1 Å². The minimum atomic E-state index is 0.115. The summed E-state index contributed by atoms with van der Waals surface area (Å²) >= 11 is 0. The zero-order chi connectivity index (χ0) is 17.8. The van der Waals surface area contributed by atoms with Crippen molar-refractivity contribution < 1.29 is 19.0 Å². The topological polar surface area (TPSA) is 48.0 Å². The highest BCUT2D eigenvalue weighted by Gasteiger charge is 2.24. The first-order chi connectivity index (χ1) is 12.8. The Morgan fingerprint density at radius 2 is 1.92 bits per heavy atom. The fraction of sp³-hybridized carbons (Fsp3) is 0.381. The van der Waals surface area contributed by atoms with Crippen LogP contribution < -0.4 is 14.4 Å². The summed E-state index contributed by atoms with van der Waals surface area (Å²) in [6.45, 7) is 1.67. The fourth-order valence-electron chi connectivity index (χ4n) is 3.43. The third-order valence-corrected chi connectivity index (χ3v) is 4.84. The SMILES string of the molecule is O=C(CCc1ccc2c(c1)OCO2)N(CC1CCCO1)c1ccccc1. The van der Waals surface area contributed by atoms with Crippen molar-refractivity contribution in [3.63, 3.8) is 0 Å². The Labute approximate surface area is 153 Å². The van der Waals surface area contributed by atoms with E-state index < -0.39 is 0 Å². The molecule has 1 fully saturated rings. The lowest BCUT2D eigenvalue weighted by atomic mass is 10.1. The van der Waals surface area contributed by atoms with E-state index in [2.05, 4.69) is 0 Å². The van der Waals surface area contributed by atoms with E-state index in [9.17, 15) is 4.79 Å². The van der Waals surface area contributed by atoms with Gasteiger partial charge in [0.25, 0.3) is 0 Å². The molecule has 26 heavy (non-hydrogen) atoms. The smallest absolute Gasteiger partial charge is 0.231 e. The summed E-state index contributed by atoms with van der Waals surface area (Å²) in [6, 6.07) is 15.7. The fourth-order valence-corrected chi connectivity index (χ4v) is 3.43. The molecule has 0 radical (unpaired) electrons. The standard InChI is InChI=1S/C21H23NO4/c23-21(11-9-16-8-10-19-20(13-16)26-15-25-19)22(14-18-7-4-12-24-18)17-5-2-1-3-6-17/h1-3,5-6,8,10,13,18H,4,7,9,11-12,14-15H2. The number of nitrogens with zero attached hydrogens (tertiary/aromatic N) is 1. The first-order valence-electron chi connectivity index (χ1n) is 9.15. The van der Waals surface area contributed by atoms with Crippen LogP contribution in [0.3, 0.4) is 0 Å². The van der Waals surface area contributed by atoms with Gasteiger partial charge in [-0.25, -0.2) is 0 Å². The number of ether oxygens (including phenoxy) is 3. The second-order valence-electron chi connectivity index (χ2n) is 6.66. The van der Waals surface area contributed by atoms with E-state index in [4.69, 9.17) is 14.2 Å². The van der Waals surface area contributed by atoms with Crippen LogP contribution in [0.15, 0.2) is 48.5 Å². The number of carbonyl (C=O) groups is 1. The van der Waals surface area contributed by atoms with Gasteiger partial charge in [-0.3, -0.25) is 4.79 Å². The Morgan fingerprint density at radius 1 is 1.08 bits per heavy atom. The molecule has 0 spiro atoms. The number of para-hydroxylation sites is 1. The average Bonchev–Trinajstić information content (AvgIpc) is 3.36. The summed E-state index contributed by atoms with van der Waals surface area (Å²) < 4.78 is 16.5. The Bertz CT molecular complexity index is 756. The Morgan fingerprint density at radius 3 is 2.73 bits per heavy atom. The van der Waals surface area contributed by atoms with Crippen LogP contribution in [-0.4, -0.2) is 32.0 Å². The molecular weight excluding hydrogens is 330 g/mol. The lowest BCUT2D eigenvalue weighted by molar-refractivity contribution is -0.119. The normalized spacial score (nSPS) is 18.1. The van der Waals surface area contributed by atoms with E-state index in [1.165, 1.54) is 0 Å². The summed E-state index contributed by atoms with van der Waals surface area (Å²) in [5.74, 6) is 1.64. The number of anilines is 1. The minimum Gasteiger partial charge on any atom is -0.454 e. The molecule has 5 nitrogen and oxygen atoms in total. The van der Waals surface area contributed by atoms with Crippen LogP contribution in [0, 0.1) is 0 Å². The molecule has 4 rings (SSSR count). The molecular formula is C21H23NO4. The van der Waals surface area contributed by atoms with E-state index in [0.29, 0.717) is 19.4 Å². The summed E-state index contributed by atoms with van der Waals surface area (Å²) in [4.78, 5) is 14.8. The van der Waals surface area contributed by atoms with Gasteiger partial charge in [0.05, 0.1) is 12.6 Å². The van der Waals surface area contributed by atoms with E-state index in [1.807, 2.05) is 53.4 Å². The molecule has 136 valence electrons. The predicted octanol–water partition coefficient (Wildman–Crippen LogP) is 3.56. The third kappa shape index (κ3) is 3.83. The van der Waals surface area contributed by atoms with Gasteiger partial charge in [0, 0.05) is 18.7 Å².